The molecule has 3 aromatic rings. The lowest BCUT2D eigenvalue weighted by molar-refractivity contribution is -0.137. The number of benzene rings is 3. The Labute approximate surface area is 193 Å². The number of rotatable bonds is 6. The highest BCUT2D eigenvalue weighted by atomic mass is 19.4. The van der Waals surface area contributed by atoms with E-state index in [4.69, 9.17) is 9.47 Å². The summed E-state index contributed by atoms with van der Waals surface area (Å²) in [6.07, 6.45) is -4.57. The Kier molecular flexibility index (Phi) is 6.02. The normalized spacial score (nSPS) is 14.0. The van der Waals surface area contributed by atoms with Gasteiger partial charge in [-0.05, 0) is 48.5 Å². The van der Waals surface area contributed by atoms with E-state index >= 15 is 0 Å². The van der Waals surface area contributed by atoms with Crippen LogP contribution in [-0.2, 0) is 15.8 Å². The van der Waals surface area contributed by atoms with Crippen molar-refractivity contribution in [1.82, 2.24) is 0 Å². The number of ether oxygens (including phenoxy) is 2. The van der Waals surface area contributed by atoms with Gasteiger partial charge in [-0.1, -0.05) is 24.3 Å². The number of nitrogens with one attached hydrogen (secondary N) is 1. The third-order valence-electron chi connectivity index (χ3n) is 5.25. The van der Waals surface area contributed by atoms with Gasteiger partial charge in [0.1, 0.15) is 17.2 Å². The summed E-state index contributed by atoms with van der Waals surface area (Å²) < 4.78 is 50.1. The zero-order valence-electron chi connectivity index (χ0n) is 18.1. The molecule has 0 aromatic heterocycles. The molecular formula is C25H19F3N2O4. The minimum Gasteiger partial charge on any atom is -0.497 e. The molecule has 0 radical (unpaired) electrons. The highest BCUT2D eigenvalue weighted by molar-refractivity contribution is 6.46. The molecule has 0 bridgehead atoms. The number of halogens is 3. The van der Waals surface area contributed by atoms with Gasteiger partial charge in [-0.25, -0.2) is 4.90 Å². The Morgan fingerprint density at radius 2 is 1.53 bits per heavy atom. The fourth-order valence-electron chi connectivity index (χ4n) is 3.63. The summed E-state index contributed by atoms with van der Waals surface area (Å²) in [5, 5.41) is 2.74. The molecule has 0 atom stereocenters. The fraction of sp³-hybridized carbons (Fsp3) is 0.120. The second kappa shape index (κ2) is 8.93. The first-order chi connectivity index (χ1) is 16.2. The Morgan fingerprint density at radius 1 is 0.824 bits per heavy atom. The molecule has 4 rings (SSSR count). The zero-order valence-corrected chi connectivity index (χ0v) is 18.1. The van der Waals surface area contributed by atoms with Crippen molar-refractivity contribution >= 4 is 28.8 Å². The topological polar surface area (TPSA) is 67.9 Å². The van der Waals surface area contributed by atoms with E-state index in [0.717, 1.165) is 17.0 Å². The number of alkyl halides is 3. The molecule has 0 aliphatic carbocycles. The van der Waals surface area contributed by atoms with Gasteiger partial charge in [-0.3, -0.25) is 9.59 Å². The van der Waals surface area contributed by atoms with Crippen molar-refractivity contribution in [3.8, 4) is 11.5 Å². The van der Waals surface area contributed by atoms with Crippen LogP contribution in [-0.4, -0.2) is 26.0 Å². The number of anilines is 2. The molecular weight excluding hydrogens is 449 g/mol. The van der Waals surface area contributed by atoms with E-state index in [9.17, 15) is 22.8 Å². The van der Waals surface area contributed by atoms with E-state index in [2.05, 4.69) is 5.32 Å². The van der Waals surface area contributed by atoms with Gasteiger partial charge in [0, 0.05) is 11.3 Å². The molecule has 1 aliphatic rings. The maximum atomic E-state index is 13.5. The number of carbonyl (C=O) groups is 2. The number of nitrogens with zero attached hydrogens (tertiary/aromatic N) is 1. The average Bonchev–Trinajstić information content (AvgIpc) is 3.07. The molecule has 0 saturated carbocycles. The summed E-state index contributed by atoms with van der Waals surface area (Å²) in [7, 11) is 2.90. The van der Waals surface area contributed by atoms with Crippen LogP contribution in [0.5, 0.6) is 11.5 Å². The predicted octanol–water partition coefficient (Wildman–Crippen LogP) is 5.12. The van der Waals surface area contributed by atoms with Gasteiger partial charge < -0.3 is 14.8 Å². The Bertz CT molecular complexity index is 1280. The largest absolute Gasteiger partial charge is 0.497 e. The highest BCUT2D eigenvalue weighted by Crippen LogP contribution is 2.38. The first-order valence-electron chi connectivity index (χ1n) is 10.1. The first kappa shape index (κ1) is 22.9. The van der Waals surface area contributed by atoms with Crippen LogP contribution in [0.2, 0.25) is 0 Å². The van der Waals surface area contributed by atoms with E-state index in [-0.39, 0.29) is 22.6 Å². The summed E-state index contributed by atoms with van der Waals surface area (Å²) in [4.78, 5) is 27.9. The zero-order chi connectivity index (χ0) is 24.5. The minimum absolute atomic E-state index is 0.00922. The second-order valence-corrected chi connectivity index (χ2v) is 7.30. The molecule has 174 valence electrons. The Morgan fingerprint density at radius 3 is 2.18 bits per heavy atom. The molecule has 34 heavy (non-hydrogen) atoms. The van der Waals surface area contributed by atoms with Crippen LogP contribution in [0.3, 0.4) is 0 Å². The second-order valence-electron chi connectivity index (χ2n) is 7.30. The molecule has 1 heterocycles. The number of imide groups is 1. The van der Waals surface area contributed by atoms with Crippen LogP contribution in [0.1, 0.15) is 11.1 Å². The molecule has 3 aromatic carbocycles. The van der Waals surface area contributed by atoms with Crippen molar-refractivity contribution in [2.75, 3.05) is 24.4 Å². The van der Waals surface area contributed by atoms with E-state index < -0.39 is 23.6 Å². The Balaban J connectivity index is 1.83. The molecule has 1 N–H and O–H groups in total. The smallest absolute Gasteiger partial charge is 0.416 e. The summed E-state index contributed by atoms with van der Waals surface area (Å²) in [5.74, 6) is -0.496. The van der Waals surface area contributed by atoms with Crippen LogP contribution in [0.15, 0.2) is 78.5 Å². The third kappa shape index (κ3) is 4.19. The van der Waals surface area contributed by atoms with Crippen molar-refractivity contribution in [3.63, 3.8) is 0 Å². The molecule has 0 unspecified atom stereocenters. The molecule has 0 fully saturated rings. The number of para-hydroxylation sites is 1. The number of hydrogen-bond acceptors (Lipinski definition) is 5. The van der Waals surface area contributed by atoms with Gasteiger partial charge in [0.05, 0.1) is 31.0 Å². The quantitative estimate of drug-likeness (QED) is 0.509. The lowest BCUT2D eigenvalue weighted by Gasteiger charge is -2.16. The lowest BCUT2D eigenvalue weighted by atomic mass is 10.0. The van der Waals surface area contributed by atoms with E-state index in [1.807, 2.05) is 0 Å². The maximum Gasteiger partial charge on any atom is 0.416 e. The highest BCUT2D eigenvalue weighted by Gasteiger charge is 2.41. The molecule has 6 nitrogen and oxygen atoms in total. The third-order valence-corrected chi connectivity index (χ3v) is 5.25. The van der Waals surface area contributed by atoms with Crippen LogP contribution < -0.4 is 19.7 Å². The molecule has 2 amide bonds. The minimum atomic E-state index is -4.57. The van der Waals surface area contributed by atoms with Crippen LogP contribution in [0, 0.1) is 0 Å². The number of hydrogen-bond donors (Lipinski definition) is 1. The van der Waals surface area contributed by atoms with Gasteiger partial charge in [-0.15, -0.1) is 0 Å². The van der Waals surface area contributed by atoms with Gasteiger partial charge in [0.15, 0.2) is 0 Å². The molecule has 9 heteroatoms. The summed E-state index contributed by atoms with van der Waals surface area (Å²) >= 11 is 0. The lowest BCUT2D eigenvalue weighted by Crippen LogP contribution is -2.32. The van der Waals surface area contributed by atoms with Gasteiger partial charge in [-0.2, -0.15) is 13.2 Å². The van der Waals surface area contributed by atoms with Gasteiger partial charge in [0.25, 0.3) is 11.8 Å². The monoisotopic (exact) mass is 468 g/mol. The van der Waals surface area contributed by atoms with Crippen molar-refractivity contribution < 1.29 is 32.2 Å². The fourth-order valence-corrected chi connectivity index (χ4v) is 3.63. The van der Waals surface area contributed by atoms with Crippen LogP contribution in [0.25, 0.3) is 5.57 Å². The van der Waals surface area contributed by atoms with Crippen molar-refractivity contribution in [2.24, 2.45) is 0 Å². The van der Waals surface area contributed by atoms with E-state index in [0.29, 0.717) is 17.1 Å². The molecule has 1 aliphatic heterocycles. The summed E-state index contributed by atoms with van der Waals surface area (Å²) in [6.45, 7) is 0. The number of carbonyl (C=O) groups excluding carboxylic acids is 2. The van der Waals surface area contributed by atoms with Gasteiger partial charge in [0.2, 0.25) is 0 Å². The Hall–Kier alpha value is -4.27. The SMILES string of the molecule is COc1ccc(N2C(=O)C(Nc3cccc(C(F)(F)F)c3)=C(c3ccccc3OC)C2=O)cc1. The van der Waals surface area contributed by atoms with Crippen LogP contribution in [0.4, 0.5) is 24.5 Å². The predicted molar refractivity (Wildman–Crippen MR) is 120 cm³/mol. The van der Waals surface area contributed by atoms with Gasteiger partial charge >= 0.3 is 6.18 Å². The molecule has 0 saturated heterocycles. The van der Waals surface area contributed by atoms with E-state index in [1.165, 1.54) is 26.4 Å². The summed E-state index contributed by atoms with van der Waals surface area (Å²) in [5.41, 5.74) is -0.450. The average molecular weight is 468 g/mol. The van der Waals surface area contributed by atoms with Crippen molar-refractivity contribution in [3.05, 3.63) is 89.6 Å². The summed E-state index contributed by atoms with van der Waals surface area (Å²) in [6, 6.07) is 17.3. The van der Waals surface area contributed by atoms with E-state index in [1.54, 1.807) is 48.5 Å². The first-order valence-corrected chi connectivity index (χ1v) is 10.1. The van der Waals surface area contributed by atoms with Crippen LogP contribution >= 0.6 is 0 Å². The standard InChI is InChI=1S/C25H19F3N2O4/c1-33-18-12-10-17(11-13-18)30-23(31)21(19-8-3-4-9-20(19)34-2)22(24(30)32)29-16-7-5-6-15(14-16)25(26,27)28/h3-14,29H,1-2H3. The molecule has 0 spiro atoms. The number of amides is 2. The van der Waals surface area contributed by atoms with Crippen molar-refractivity contribution in [2.45, 2.75) is 6.18 Å². The maximum absolute atomic E-state index is 13.5. The number of methoxy groups -OCH3 is 2. The van der Waals surface area contributed by atoms with Crippen molar-refractivity contribution in [1.29, 1.82) is 0 Å².